The second-order valence-corrected chi connectivity index (χ2v) is 19.0. The van der Waals surface area contributed by atoms with Crippen LogP contribution in [0.5, 0.6) is 0 Å². The van der Waals surface area contributed by atoms with E-state index in [0.717, 1.165) is 111 Å². The highest BCUT2D eigenvalue weighted by Gasteiger charge is 2.24. The molecule has 0 spiro atoms. The topological polar surface area (TPSA) is 69.9 Å². The van der Waals surface area contributed by atoms with Crippen molar-refractivity contribution in [1.29, 1.82) is 0 Å². The fourth-order valence-corrected chi connectivity index (χ4v) is 11.2. The number of aromatic nitrogens is 4. The fourth-order valence-electron chi connectivity index (χ4n) is 11.2. The quantitative estimate of drug-likeness (QED) is 0.152. The molecule has 0 saturated carbocycles. The van der Waals surface area contributed by atoms with Crippen LogP contribution in [0.4, 0.5) is 0 Å². The van der Waals surface area contributed by atoms with E-state index in [2.05, 4.69) is 193 Å². The summed E-state index contributed by atoms with van der Waals surface area (Å²) in [6.07, 6.45) is 0. The summed E-state index contributed by atoms with van der Waals surface area (Å²) < 4.78 is 16.0. The minimum atomic E-state index is 0.599. The number of furan rings is 2. The van der Waals surface area contributed by atoms with Crippen molar-refractivity contribution in [3.63, 3.8) is 0 Å². The highest BCUT2D eigenvalue weighted by Crippen LogP contribution is 2.46. The molecule has 0 atom stereocenters. The van der Waals surface area contributed by atoms with Gasteiger partial charge < -0.3 is 13.4 Å². The van der Waals surface area contributed by atoms with Gasteiger partial charge in [-0.05, 0) is 88.0 Å². The maximum atomic E-state index is 6.93. The van der Waals surface area contributed by atoms with Gasteiger partial charge in [0, 0.05) is 54.7 Å². The molecule has 0 aliphatic heterocycles. The lowest BCUT2D eigenvalue weighted by Gasteiger charge is -2.17. The van der Waals surface area contributed by atoms with Crippen molar-refractivity contribution >= 4 is 65.7 Å². The van der Waals surface area contributed by atoms with Crippen LogP contribution in [-0.4, -0.2) is 19.5 Å². The lowest BCUT2D eigenvalue weighted by Crippen LogP contribution is -2.00. The van der Waals surface area contributed by atoms with E-state index >= 15 is 0 Å². The SMILES string of the molecule is c1ccc(-c2ccc3c(c2)c2ccccc2n3-c2c(-c3cccc(-c4cccc5oc6c(-c7cccc(-c8nc(-c9ccccc9)nc(-c9ccccc9)n8)c7)cccc6c45)c3)ccc3oc4ccccc4c23)cc1. The third-order valence-electron chi connectivity index (χ3n) is 14.7. The van der Waals surface area contributed by atoms with Gasteiger partial charge in [0.15, 0.2) is 17.5 Å². The van der Waals surface area contributed by atoms with Gasteiger partial charge in [-0.2, -0.15) is 0 Å². The molecule has 0 saturated heterocycles. The van der Waals surface area contributed by atoms with E-state index in [4.69, 9.17) is 23.8 Å². The van der Waals surface area contributed by atoms with Crippen LogP contribution in [0.1, 0.15) is 0 Å². The first-order valence-corrected chi connectivity index (χ1v) is 25.2. The summed E-state index contributed by atoms with van der Waals surface area (Å²) >= 11 is 0. The average molecular weight is 959 g/mol. The Morgan fingerprint density at radius 3 is 1.52 bits per heavy atom. The Labute approximate surface area is 431 Å². The molecule has 0 aliphatic carbocycles. The van der Waals surface area contributed by atoms with E-state index in [1.807, 2.05) is 66.7 Å². The van der Waals surface area contributed by atoms with Crippen LogP contribution >= 0.6 is 0 Å². The van der Waals surface area contributed by atoms with E-state index in [-0.39, 0.29) is 0 Å². The zero-order chi connectivity index (χ0) is 49.4. The zero-order valence-electron chi connectivity index (χ0n) is 40.4. The Hall–Kier alpha value is -10.2. The molecular weight excluding hydrogens is 917 g/mol. The van der Waals surface area contributed by atoms with Gasteiger partial charge in [0.05, 0.1) is 22.1 Å². The monoisotopic (exact) mass is 958 g/mol. The standard InChI is InChI=1S/C69H42N4O2/c1-4-18-43(19-5-1)46-36-38-59-57(42-46)54-28-10-12-33-58(54)73(59)65-52(37-39-62-64(65)55-29-11-13-34-60(55)74-62)48-25-14-24-47(40-48)51-30-17-35-61-63(51)56-32-16-31-53(66(56)75-61)49-26-15-27-50(41-49)69-71-67(44-20-6-2-7-21-44)70-68(72-69)45-22-8-3-9-23-45/h1-42H. The summed E-state index contributed by atoms with van der Waals surface area (Å²) in [4.78, 5) is 15.0. The molecule has 4 aromatic heterocycles. The molecule has 0 aliphatic rings. The molecule has 0 bridgehead atoms. The van der Waals surface area contributed by atoms with Crippen LogP contribution in [-0.2, 0) is 0 Å². The lowest BCUT2D eigenvalue weighted by atomic mass is 9.93. The van der Waals surface area contributed by atoms with Gasteiger partial charge >= 0.3 is 0 Å². The van der Waals surface area contributed by atoms with Crippen molar-refractivity contribution in [2.24, 2.45) is 0 Å². The van der Waals surface area contributed by atoms with Gasteiger partial charge in [-0.25, -0.2) is 15.0 Å². The Bertz CT molecular complexity index is 4650. The highest BCUT2D eigenvalue weighted by atomic mass is 16.3. The Morgan fingerprint density at radius 1 is 0.267 bits per heavy atom. The van der Waals surface area contributed by atoms with E-state index in [0.29, 0.717) is 17.5 Å². The Kier molecular flexibility index (Phi) is 9.78. The first kappa shape index (κ1) is 42.5. The van der Waals surface area contributed by atoms with Crippen LogP contribution in [0, 0.1) is 0 Å². The van der Waals surface area contributed by atoms with Crippen LogP contribution in [0.25, 0.3) is 150 Å². The number of hydrogen-bond donors (Lipinski definition) is 0. The Morgan fingerprint density at radius 2 is 0.773 bits per heavy atom. The van der Waals surface area contributed by atoms with Gasteiger partial charge in [-0.3, -0.25) is 0 Å². The number of para-hydroxylation sites is 3. The molecule has 11 aromatic carbocycles. The maximum Gasteiger partial charge on any atom is 0.164 e. The van der Waals surface area contributed by atoms with E-state index in [1.54, 1.807) is 0 Å². The molecule has 0 fully saturated rings. The second-order valence-electron chi connectivity index (χ2n) is 19.0. The molecule has 6 nitrogen and oxygen atoms in total. The first-order valence-electron chi connectivity index (χ1n) is 25.2. The smallest absolute Gasteiger partial charge is 0.164 e. The van der Waals surface area contributed by atoms with Crippen molar-refractivity contribution < 1.29 is 8.83 Å². The van der Waals surface area contributed by atoms with Crippen LogP contribution in [0.15, 0.2) is 264 Å². The molecule has 0 radical (unpaired) electrons. The largest absolute Gasteiger partial charge is 0.456 e. The van der Waals surface area contributed by atoms with Crippen molar-refractivity contribution in [3.05, 3.63) is 255 Å². The Balaban J connectivity index is 0.881. The number of nitrogens with zero attached hydrogens (tertiary/aromatic N) is 4. The summed E-state index contributed by atoms with van der Waals surface area (Å²) in [5.74, 6) is 1.84. The van der Waals surface area contributed by atoms with Crippen LogP contribution in [0.2, 0.25) is 0 Å². The summed E-state index contributed by atoms with van der Waals surface area (Å²) in [6, 6.07) is 89.3. The molecule has 0 unspecified atom stereocenters. The van der Waals surface area contributed by atoms with Gasteiger partial charge in [0.2, 0.25) is 0 Å². The van der Waals surface area contributed by atoms with Crippen molar-refractivity contribution in [3.8, 4) is 84.4 Å². The molecule has 15 rings (SSSR count). The molecule has 6 heteroatoms. The number of fused-ring (bicyclic) bond motifs is 9. The predicted octanol–water partition coefficient (Wildman–Crippen LogP) is 18.4. The minimum Gasteiger partial charge on any atom is -0.456 e. The third kappa shape index (κ3) is 7.07. The summed E-state index contributed by atoms with van der Waals surface area (Å²) in [7, 11) is 0. The van der Waals surface area contributed by atoms with Crippen molar-refractivity contribution in [2.75, 3.05) is 0 Å². The summed E-state index contributed by atoms with van der Waals surface area (Å²) in [6.45, 7) is 0. The average Bonchev–Trinajstić information content (AvgIpc) is 4.19. The molecular formula is C69H42N4O2. The normalized spacial score (nSPS) is 11.7. The van der Waals surface area contributed by atoms with Gasteiger partial charge in [0.1, 0.15) is 22.3 Å². The molecule has 4 heterocycles. The fraction of sp³-hybridized carbons (Fsp3) is 0. The van der Waals surface area contributed by atoms with Crippen molar-refractivity contribution in [2.45, 2.75) is 0 Å². The van der Waals surface area contributed by atoms with Gasteiger partial charge in [0.25, 0.3) is 0 Å². The molecule has 75 heavy (non-hydrogen) atoms. The molecule has 0 amide bonds. The molecule has 0 N–H and O–H groups in total. The predicted molar refractivity (Wildman–Crippen MR) is 307 cm³/mol. The van der Waals surface area contributed by atoms with E-state index < -0.39 is 0 Å². The van der Waals surface area contributed by atoms with Crippen LogP contribution in [0.3, 0.4) is 0 Å². The van der Waals surface area contributed by atoms with Gasteiger partial charge in [-0.15, -0.1) is 0 Å². The summed E-state index contributed by atoms with van der Waals surface area (Å²) in [5.41, 5.74) is 18.1. The summed E-state index contributed by atoms with van der Waals surface area (Å²) in [5, 5.41) is 6.64. The van der Waals surface area contributed by atoms with E-state index in [9.17, 15) is 0 Å². The lowest BCUT2D eigenvalue weighted by molar-refractivity contribution is 0.669. The molecule has 350 valence electrons. The second kappa shape index (κ2) is 17.3. The number of benzene rings is 11. The van der Waals surface area contributed by atoms with E-state index in [1.165, 1.54) is 21.9 Å². The zero-order valence-corrected chi connectivity index (χ0v) is 40.4. The first-order chi connectivity index (χ1) is 37.2. The minimum absolute atomic E-state index is 0.599. The number of hydrogen-bond acceptors (Lipinski definition) is 5. The highest BCUT2D eigenvalue weighted by molar-refractivity contribution is 6.18. The van der Waals surface area contributed by atoms with Crippen LogP contribution < -0.4 is 0 Å². The maximum absolute atomic E-state index is 6.93. The van der Waals surface area contributed by atoms with Gasteiger partial charge in [-0.1, -0.05) is 200 Å². The number of rotatable bonds is 8. The molecule has 15 aromatic rings. The van der Waals surface area contributed by atoms with Crippen molar-refractivity contribution in [1.82, 2.24) is 19.5 Å². The third-order valence-corrected chi connectivity index (χ3v) is 14.7.